The largest absolute Gasteiger partial charge is 0.379 e. The lowest BCUT2D eigenvalue weighted by Crippen LogP contribution is -2.45. The Hall–Kier alpha value is -1.99. The number of ether oxygens (including phenoxy) is 1. The number of hydrogen-bond donors (Lipinski definition) is 1. The highest BCUT2D eigenvalue weighted by Gasteiger charge is 2.32. The molecule has 2 saturated heterocycles. The number of piperidine rings is 1. The van der Waals surface area contributed by atoms with E-state index in [-0.39, 0.29) is 16.7 Å². The van der Waals surface area contributed by atoms with E-state index in [2.05, 4.69) is 10.2 Å². The summed E-state index contributed by atoms with van der Waals surface area (Å²) < 4.78 is 32.2. The van der Waals surface area contributed by atoms with Crippen molar-refractivity contribution in [3.8, 4) is 6.07 Å². The van der Waals surface area contributed by atoms with E-state index in [4.69, 9.17) is 10.00 Å². The number of amides is 1. The van der Waals surface area contributed by atoms with Crippen LogP contribution in [-0.4, -0.2) is 76.0 Å². The van der Waals surface area contributed by atoms with Crippen molar-refractivity contribution in [2.45, 2.75) is 17.7 Å². The predicted octanol–water partition coefficient (Wildman–Crippen LogP) is 0.407. The van der Waals surface area contributed by atoms with Gasteiger partial charge in [-0.3, -0.25) is 9.69 Å². The molecule has 0 aromatic heterocycles. The van der Waals surface area contributed by atoms with Gasteiger partial charge in [0.05, 0.1) is 29.7 Å². The van der Waals surface area contributed by atoms with Crippen molar-refractivity contribution in [3.05, 3.63) is 29.8 Å². The van der Waals surface area contributed by atoms with Gasteiger partial charge in [-0.25, -0.2) is 8.42 Å². The van der Waals surface area contributed by atoms with E-state index in [0.29, 0.717) is 38.0 Å². The zero-order chi connectivity index (χ0) is 20.0. The molecule has 2 fully saturated rings. The highest BCUT2D eigenvalue weighted by atomic mass is 32.2. The maximum absolute atomic E-state index is 12.7. The number of morpholine rings is 1. The summed E-state index contributed by atoms with van der Waals surface area (Å²) in [6.07, 6.45) is 1.03. The van der Waals surface area contributed by atoms with Crippen LogP contribution in [0.2, 0.25) is 0 Å². The Balaban J connectivity index is 1.46. The Morgan fingerprint density at radius 3 is 2.39 bits per heavy atom. The Kier molecular flexibility index (Phi) is 7.02. The standard InChI is InChI=1S/C19H26N4O4S/c20-15-16-1-3-18(4-2-16)28(25,26)23-8-5-17(6-9-23)19(24)21-7-10-22-11-13-27-14-12-22/h1-4,17H,5-14H2,(H,21,24). The fourth-order valence-electron chi connectivity index (χ4n) is 3.52. The molecule has 1 N–H and O–H groups in total. The van der Waals surface area contributed by atoms with Gasteiger partial charge in [-0.15, -0.1) is 0 Å². The van der Waals surface area contributed by atoms with Gasteiger partial charge in [0.25, 0.3) is 0 Å². The maximum Gasteiger partial charge on any atom is 0.243 e. The molecule has 0 radical (unpaired) electrons. The number of sulfonamides is 1. The molecule has 3 rings (SSSR count). The molecule has 0 unspecified atom stereocenters. The maximum atomic E-state index is 12.7. The van der Waals surface area contributed by atoms with Crippen LogP contribution in [0.1, 0.15) is 18.4 Å². The predicted molar refractivity (Wildman–Crippen MR) is 103 cm³/mol. The number of nitrogens with zero attached hydrogens (tertiary/aromatic N) is 3. The van der Waals surface area contributed by atoms with Gasteiger partial charge in [0.15, 0.2) is 0 Å². The van der Waals surface area contributed by atoms with Crippen LogP contribution in [-0.2, 0) is 19.6 Å². The number of rotatable bonds is 6. The molecular weight excluding hydrogens is 380 g/mol. The lowest BCUT2D eigenvalue weighted by molar-refractivity contribution is -0.126. The van der Waals surface area contributed by atoms with Gasteiger partial charge in [0.1, 0.15) is 0 Å². The second-order valence-electron chi connectivity index (χ2n) is 7.06. The van der Waals surface area contributed by atoms with Crippen LogP contribution >= 0.6 is 0 Å². The van der Waals surface area contributed by atoms with Crippen molar-refractivity contribution < 1.29 is 17.9 Å². The molecule has 1 aromatic rings. The molecule has 1 aromatic carbocycles. The Morgan fingerprint density at radius 1 is 1.14 bits per heavy atom. The van der Waals surface area contributed by atoms with E-state index >= 15 is 0 Å². The molecule has 0 aliphatic carbocycles. The first-order valence-electron chi connectivity index (χ1n) is 9.59. The zero-order valence-electron chi connectivity index (χ0n) is 15.8. The highest BCUT2D eigenvalue weighted by Crippen LogP contribution is 2.24. The van der Waals surface area contributed by atoms with Gasteiger partial charge in [-0.2, -0.15) is 9.57 Å². The minimum atomic E-state index is -3.59. The first-order chi connectivity index (χ1) is 13.5. The minimum Gasteiger partial charge on any atom is -0.379 e. The summed E-state index contributed by atoms with van der Waals surface area (Å²) in [6.45, 7) is 5.31. The average molecular weight is 407 g/mol. The van der Waals surface area contributed by atoms with E-state index < -0.39 is 10.0 Å². The third kappa shape index (κ3) is 5.08. The van der Waals surface area contributed by atoms with Crippen LogP contribution < -0.4 is 5.32 Å². The number of carbonyl (C=O) groups is 1. The second kappa shape index (κ2) is 9.47. The molecule has 9 heteroatoms. The van der Waals surface area contributed by atoms with E-state index in [1.807, 2.05) is 6.07 Å². The monoisotopic (exact) mass is 406 g/mol. The molecule has 1 amide bonds. The summed E-state index contributed by atoms with van der Waals surface area (Å²) in [5.74, 6) is -0.152. The highest BCUT2D eigenvalue weighted by molar-refractivity contribution is 7.89. The zero-order valence-corrected chi connectivity index (χ0v) is 16.7. The van der Waals surface area contributed by atoms with Crippen LogP contribution in [0.4, 0.5) is 0 Å². The lowest BCUT2D eigenvalue weighted by atomic mass is 9.97. The summed E-state index contributed by atoms with van der Waals surface area (Å²) in [4.78, 5) is 14.8. The average Bonchev–Trinajstić information content (AvgIpc) is 2.74. The number of hydrogen-bond acceptors (Lipinski definition) is 6. The molecule has 0 atom stereocenters. The summed E-state index contributed by atoms with van der Waals surface area (Å²) in [5, 5.41) is 11.8. The van der Waals surface area contributed by atoms with Crippen molar-refractivity contribution in [1.82, 2.24) is 14.5 Å². The number of benzene rings is 1. The van der Waals surface area contributed by atoms with Gasteiger partial charge in [-0.1, -0.05) is 0 Å². The molecule has 2 aliphatic rings. The fraction of sp³-hybridized carbons (Fsp3) is 0.579. The SMILES string of the molecule is N#Cc1ccc(S(=O)(=O)N2CCC(C(=O)NCCN3CCOCC3)CC2)cc1. The minimum absolute atomic E-state index is 0.00341. The van der Waals surface area contributed by atoms with Crippen LogP contribution in [0.5, 0.6) is 0 Å². The summed E-state index contributed by atoms with van der Waals surface area (Å²) in [6, 6.07) is 7.90. The number of nitriles is 1. The molecule has 0 spiro atoms. The Bertz CT molecular complexity index is 805. The normalized spacial score (nSPS) is 19.8. The van der Waals surface area contributed by atoms with Crippen LogP contribution in [0.15, 0.2) is 29.2 Å². The van der Waals surface area contributed by atoms with Gasteiger partial charge >= 0.3 is 0 Å². The molecule has 0 bridgehead atoms. The summed E-state index contributed by atoms with van der Waals surface area (Å²) in [7, 11) is -3.59. The molecule has 0 saturated carbocycles. The van der Waals surface area contributed by atoms with Crippen molar-refractivity contribution in [1.29, 1.82) is 5.26 Å². The molecule has 8 nitrogen and oxygen atoms in total. The third-order valence-corrected chi connectivity index (χ3v) is 7.19. The van der Waals surface area contributed by atoms with Crippen molar-refractivity contribution in [3.63, 3.8) is 0 Å². The fourth-order valence-corrected chi connectivity index (χ4v) is 4.98. The van der Waals surface area contributed by atoms with Gasteiger partial charge in [0.2, 0.25) is 15.9 Å². The first-order valence-corrected chi connectivity index (χ1v) is 11.0. The van der Waals surface area contributed by atoms with Crippen molar-refractivity contribution in [2.24, 2.45) is 5.92 Å². The van der Waals surface area contributed by atoms with Gasteiger partial charge in [-0.05, 0) is 37.1 Å². The first kappa shape index (κ1) is 20.7. The quantitative estimate of drug-likeness (QED) is 0.734. The topological polar surface area (TPSA) is 103 Å². The molecule has 28 heavy (non-hydrogen) atoms. The van der Waals surface area contributed by atoms with Crippen molar-refractivity contribution >= 4 is 15.9 Å². The molecule has 2 aliphatic heterocycles. The van der Waals surface area contributed by atoms with Crippen molar-refractivity contribution in [2.75, 3.05) is 52.5 Å². The number of nitrogens with one attached hydrogen (secondary N) is 1. The second-order valence-corrected chi connectivity index (χ2v) is 9.00. The summed E-state index contributed by atoms with van der Waals surface area (Å²) in [5.41, 5.74) is 0.423. The molecule has 2 heterocycles. The lowest BCUT2D eigenvalue weighted by Gasteiger charge is -2.31. The van der Waals surface area contributed by atoms with Crippen LogP contribution in [0.25, 0.3) is 0 Å². The Labute approximate surface area is 166 Å². The van der Waals surface area contributed by atoms with E-state index in [1.165, 1.54) is 28.6 Å². The Morgan fingerprint density at radius 2 is 1.79 bits per heavy atom. The van der Waals surface area contributed by atoms with E-state index in [1.54, 1.807) is 0 Å². The molecular formula is C19H26N4O4S. The van der Waals surface area contributed by atoms with Gasteiger partial charge in [0, 0.05) is 45.2 Å². The van der Waals surface area contributed by atoms with Crippen LogP contribution in [0.3, 0.4) is 0 Å². The molecule has 152 valence electrons. The third-order valence-electron chi connectivity index (χ3n) is 5.28. The van der Waals surface area contributed by atoms with Gasteiger partial charge < -0.3 is 10.1 Å². The van der Waals surface area contributed by atoms with E-state index in [0.717, 1.165) is 32.8 Å². The summed E-state index contributed by atoms with van der Waals surface area (Å²) >= 11 is 0. The smallest absolute Gasteiger partial charge is 0.243 e. The number of carbonyl (C=O) groups excluding carboxylic acids is 1. The van der Waals surface area contributed by atoms with E-state index in [9.17, 15) is 13.2 Å². The van der Waals surface area contributed by atoms with Crippen LogP contribution in [0, 0.1) is 17.2 Å².